The summed E-state index contributed by atoms with van der Waals surface area (Å²) in [4.78, 5) is 24.9. The van der Waals surface area contributed by atoms with Crippen molar-refractivity contribution in [2.45, 2.75) is 44.3 Å². The van der Waals surface area contributed by atoms with Crippen molar-refractivity contribution in [1.29, 1.82) is 0 Å². The second-order valence-corrected chi connectivity index (χ2v) is 9.37. The zero-order valence-electron chi connectivity index (χ0n) is 15.9. The van der Waals surface area contributed by atoms with Crippen LogP contribution in [0.4, 0.5) is 0 Å². The number of allylic oxidation sites excluding steroid dienone is 1. The summed E-state index contributed by atoms with van der Waals surface area (Å²) in [6, 6.07) is 7.92. The van der Waals surface area contributed by atoms with Crippen LogP contribution in [0, 0.1) is 17.8 Å². The molecule has 1 saturated heterocycles. The standard InChI is InChI=1S/C21H22O6S/c1-11-9-15(22)17-12(2)10-16(19-13(3)21(23)26-20(19)18(11)17)27-28(24,25)14-7-5-4-6-8-14/h4-9,13,16,18-20H,10H2,1-3H3/t13-,16-,18+,19-,20+/m1/s1. The molecule has 2 aliphatic carbocycles. The van der Waals surface area contributed by atoms with Crippen LogP contribution in [0.15, 0.2) is 58.0 Å². The van der Waals surface area contributed by atoms with E-state index in [4.69, 9.17) is 8.92 Å². The molecule has 0 spiro atoms. The maximum atomic E-state index is 12.8. The lowest BCUT2D eigenvalue weighted by atomic mass is 9.80. The van der Waals surface area contributed by atoms with E-state index in [-0.39, 0.29) is 29.0 Å². The number of esters is 1. The zero-order chi connectivity index (χ0) is 20.2. The van der Waals surface area contributed by atoms with E-state index in [0.717, 1.165) is 11.1 Å². The smallest absolute Gasteiger partial charge is 0.309 e. The van der Waals surface area contributed by atoms with E-state index in [1.165, 1.54) is 12.1 Å². The molecule has 7 heteroatoms. The molecule has 148 valence electrons. The van der Waals surface area contributed by atoms with Crippen molar-refractivity contribution in [2.24, 2.45) is 17.8 Å². The van der Waals surface area contributed by atoms with Gasteiger partial charge in [-0.25, -0.2) is 0 Å². The largest absolute Gasteiger partial charge is 0.461 e. The van der Waals surface area contributed by atoms with E-state index in [9.17, 15) is 18.0 Å². The molecule has 0 N–H and O–H groups in total. The van der Waals surface area contributed by atoms with Gasteiger partial charge in [0.05, 0.1) is 16.9 Å². The van der Waals surface area contributed by atoms with Gasteiger partial charge in [0.1, 0.15) is 6.10 Å². The maximum absolute atomic E-state index is 12.8. The van der Waals surface area contributed by atoms with E-state index in [1.807, 2.05) is 13.8 Å². The molecule has 0 radical (unpaired) electrons. The molecule has 4 rings (SSSR count). The van der Waals surface area contributed by atoms with Crippen LogP contribution in [0.1, 0.15) is 27.2 Å². The third-order valence-corrected chi connectivity index (χ3v) is 7.36. The molecule has 0 aromatic heterocycles. The molecule has 3 aliphatic rings. The lowest BCUT2D eigenvalue weighted by molar-refractivity contribution is -0.144. The first-order chi connectivity index (χ1) is 13.2. The van der Waals surface area contributed by atoms with Crippen molar-refractivity contribution in [3.8, 4) is 0 Å². The Kier molecular flexibility index (Phi) is 4.55. The van der Waals surface area contributed by atoms with Crippen molar-refractivity contribution in [3.05, 3.63) is 53.1 Å². The lowest BCUT2D eigenvalue weighted by Gasteiger charge is -2.29. The third kappa shape index (κ3) is 2.93. The molecule has 1 aliphatic heterocycles. The minimum absolute atomic E-state index is 0.0614. The molecule has 1 aromatic rings. The Morgan fingerprint density at radius 3 is 2.46 bits per heavy atom. The van der Waals surface area contributed by atoms with Gasteiger partial charge >= 0.3 is 5.97 Å². The topological polar surface area (TPSA) is 86.7 Å². The highest BCUT2D eigenvalue weighted by Crippen LogP contribution is 2.49. The summed E-state index contributed by atoms with van der Waals surface area (Å²) in [5.74, 6) is -1.79. The molecule has 1 aromatic carbocycles. The molecule has 0 unspecified atom stereocenters. The van der Waals surface area contributed by atoms with Crippen LogP contribution in [0.25, 0.3) is 0 Å². The average molecular weight is 402 g/mol. The number of ether oxygens (including phenoxy) is 1. The van der Waals surface area contributed by atoms with E-state index < -0.39 is 34.2 Å². The first kappa shape index (κ1) is 19.1. The molecule has 0 bridgehead atoms. The predicted octanol–water partition coefficient (Wildman–Crippen LogP) is 2.80. The Morgan fingerprint density at radius 1 is 1.11 bits per heavy atom. The zero-order valence-corrected chi connectivity index (χ0v) is 16.7. The number of carbonyl (C=O) groups is 2. The van der Waals surface area contributed by atoms with Crippen LogP contribution in [0.3, 0.4) is 0 Å². The fraction of sp³-hybridized carbons (Fsp3) is 0.429. The summed E-state index contributed by atoms with van der Waals surface area (Å²) in [6.45, 7) is 5.40. The van der Waals surface area contributed by atoms with Crippen molar-refractivity contribution in [1.82, 2.24) is 0 Å². The van der Waals surface area contributed by atoms with E-state index in [2.05, 4.69) is 0 Å². The van der Waals surface area contributed by atoms with Gasteiger partial charge in [-0.15, -0.1) is 0 Å². The van der Waals surface area contributed by atoms with Crippen molar-refractivity contribution >= 4 is 21.9 Å². The molecule has 1 heterocycles. The SMILES string of the molecule is CC1=CC(=O)C2=C(C)C[C@@H](OS(=O)(=O)c3ccccc3)[C@@H]3[C@@H](OC(=O)[C@@H]3C)[C@@H]12. The van der Waals surface area contributed by atoms with Gasteiger partial charge in [0, 0.05) is 17.4 Å². The monoisotopic (exact) mass is 402 g/mol. The highest BCUT2D eigenvalue weighted by atomic mass is 32.2. The second kappa shape index (κ2) is 6.67. The molecule has 28 heavy (non-hydrogen) atoms. The molecular weight excluding hydrogens is 380 g/mol. The van der Waals surface area contributed by atoms with E-state index in [0.29, 0.717) is 5.57 Å². The normalized spacial score (nSPS) is 32.5. The van der Waals surface area contributed by atoms with Crippen LogP contribution in [-0.2, 0) is 28.6 Å². The molecule has 6 nitrogen and oxygen atoms in total. The highest BCUT2D eigenvalue weighted by molar-refractivity contribution is 7.86. The Hall–Kier alpha value is -2.25. The number of fused-ring (bicyclic) bond motifs is 3. The van der Waals surface area contributed by atoms with Gasteiger partial charge in [-0.1, -0.05) is 36.3 Å². The summed E-state index contributed by atoms with van der Waals surface area (Å²) in [7, 11) is -4.02. The fourth-order valence-corrected chi connectivity index (χ4v) is 5.81. The first-order valence-corrected chi connectivity index (χ1v) is 10.7. The van der Waals surface area contributed by atoms with Crippen LogP contribution in [0.2, 0.25) is 0 Å². The van der Waals surface area contributed by atoms with Crippen LogP contribution >= 0.6 is 0 Å². The minimum atomic E-state index is -4.02. The molecule has 0 amide bonds. The van der Waals surface area contributed by atoms with Crippen LogP contribution in [0.5, 0.6) is 0 Å². The van der Waals surface area contributed by atoms with Gasteiger partial charge < -0.3 is 4.74 Å². The van der Waals surface area contributed by atoms with Crippen molar-refractivity contribution < 1.29 is 26.9 Å². The second-order valence-electron chi connectivity index (χ2n) is 7.80. The Balaban J connectivity index is 1.76. The molecular formula is C21H22O6S. The van der Waals surface area contributed by atoms with Crippen molar-refractivity contribution in [3.63, 3.8) is 0 Å². The molecule has 5 atom stereocenters. The molecule has 1 fully saturated rings. The number of ketones is 1. The third-order valence-electron chi connectivity index (χ3n) is 6.01. The van der Waals surface area contributed by atoms with Crippen LogP contribution < -0.4 is 0 Å². The Labute approximate surface area is 164 Å². The number of rotatable bonds is 3. The fourth-order valence-electron chi connectivity index (χ4n) is 4.69. The summed E-state index contributed by atoms with van der Waals surface area (Å²) >= 11 is 0. The van der Waals surface area contributed by atoms with Crippen molar-refractivity contribution in [2.75, 3.05) is 0 Å². The number of hydrogen-bond acceptors (Lipinski definition) is 6. The number of hydrogen-bond donors (Lipinski definition) is 0. The Bertz CT molecular complexity index is 1000. The lowest BCUT2D eigenvalue weighted by Crippen LogP contribution is -2.38. The number of benzene rings is 1. The van der Waals surface area contributed by atoms with Gasteiger partial charge in [-0.2, -0.15) is 8.42 Å². The average Bonchev–Trinajstić information content (AvgIpc) is 3.05. The van der Waals surface area contributed by atoms with Crippen LogP contribution in [-0.4, -0.2) is 32.4 Å². The number of carbonyl (C=O) groups excluding carboxylic acids is 2. The highest BCUT2D eigenvalue weighted by Gasteiger charge is 2.55. The summed E-state index contributed by atoms with van der Waals surface area (Å²) in [5, 5.41) is 0. The van der Waals surface area contributed by atoms with Gasteiger partial charge in [0.25, 0.3) is 10.1 Å². The van der Waals surface area contributed by atoms with Gasteiger partial charge in [0.2, 0.25) is 0 Å². The summed E-state index contributed by atoms with van der Waals surface area (Å²) < 4.78 is 37.0. The van der Waals surface area contributed by atoms with Gasteiger partial charge in [-0.3, -0.25) is 13.8 Å². The maximum Gasteiger partial charge on any atom is 0.309 e. The minimum Gasteiger partial charge on any atom is -0.461 e. The predicted molar refractivity (Wildman–Crippen MR) is 101 cm³/mol. The Morgan fingerprint density at radius 2 is 1.79 bits per heavy atom. The van der Waals surface area contributed by atoms with Gasteiger partial charge in [-0.05, 0) is 38.5 Å². The summed E-state index contributed by atoms with van der Waals surface area (Å²) in [6.07, 6.45) is 0.454. The molecule has 0 saturated carbocycles. The van der Waals surface area contributed by atoms with Gasteiger partial charge in [0.15, 0.2) is 5.78 Å². The quantitative estimate of drug-likeness (QED) is 0.571. The van der Waals surface area contributed by atoms with E-state index >= 15 is 0 Å². The summed E-state index contributed by atoms with van der Waals surface area (Å²) in [5.41, 5.74) is 2.23. The first-order valence-electron chi connectivity index (χ1n) is 9.31. The van der Waals surface area contributed by atoms with E-state index in [1.54, 1.807) is 31.2 Å².